The molecule has 0 aromatic carbocycles. The van der Waals surface area contributed by atoms with Crippen LogP contribution in [0, 0.1) is 5.92 Å². The Labute approximate surface area is 107 Å². The Bertz CT molecular complexity index is 278. The van der Waals surface area contributed by atoms with E-state index in [2.05, 4.69) is 0 Å². The van der Waals surface area contributed by atoms with E-state index in [1.54, 1.807) is 0 Å². The first-order chi connectivity index (χ1) is 8.34. The number of rotatable bonds is 4. The molecule has 0 aromatic rings. The summed E-state index contributed by atoms with van der Waals surface area (Å²) in [6.07, 6.45) is 11.8. The Morgan fingerprint density at radius 3 is 2.88 bits per heavy atom. The van der Waals surface area contributed by atoms with Gasteiger partial charge >= 0.3 is 0 Å². The third-order valence-electron chi connectivity index (χ3n) is 3.80. The molecule has 98 valence electrons. The van der Waals surface area contributed by atoms with E-state index in [-0.39, 0.29) is 0 Å². The quantitative estimate of drug-likeness (QED) is 0.569. The van der Waals surface area contributed by atoms with E-state index in [1.165, 1.54) is 44.1 Å². The van der Waals surface area contributed by atoms with E-state index in [0.717, 1.165) is 31.0 Å². The second kappa shape index (κ2) is 7.20. The van der Waals surface area contributed by atoms with Crippen molar-refractivity contribution in [2.24, 2.45) is 5.92 Å². The van der Waals surface area contributed by atoms with Gasteiger partial charge in [0.2, 0.25) is 0 Å². The normalized spacial score (nSPS) is 30.0. The SMILES string of the molecule is O=S1CCCCC(CCOC=C2CCCC2)C1. The summed E-state index contributed by atoms with van der Waals surface area (Å²) >= 11 is 0. The van der Waals surface area contributed by atoms with Gasteiger partial charge in [-0.1, -0.05) is 6.42 Å². The molecule has 1 aliphatic carbocycles. The van der Waals surface area contributed by atoms with Crippen LogP contribution in [0.1, 0.15) is 51.4 Å². The first-order valence-corrected chi connectivity index (χ1v) is 8.48. The third kappa shape index (κ3) is 4.82. The lowest BCUT2D eigenvalue weighted by atomic mass is 10.0. The highest BCUT2D eigenvalue weighted by Gasteiger charge is 2.16. The van der Waals surface area contributed by atoms with E-state index in [1.807, 2.05) is 6.26 Å². The average Bonchev–Trinajstić information content (AvgIpc) is 2.74. The van der Waals surface area contributed by atoms with Gasteiger partial charge in [0.1, 0.15) is 0 Å². The van der Waals surface area contributed by atoms with Gasteiger partial charge in [0.15, 0.2) is 0 Å². The second-order valence-corrected chi connectivity index (χ2v) is 6.94. The Kier molecular flexibility index (Phi) is 5.56. The fourth-order valence-electron chi connectivity index (χ4n) is 2.71. The molecule has 0 bridgehead atoms. The maximum atomic E-state index is 11.6. The molecule has 0 amide bonds. The van der Waals surface area contributed by atoms with Gasteiger partial charge in [0.05, 0.1) is 12.9 Å². The molecule has 2 nitrogen and oxygen atoms in total. The van der Waals surface area contributed by atoms with Gasteiger partial charge in [-0.05, 0) is 56.4 Å². The zero-order valence-corrected chi connectivity index (χ0v) is 11.5. The molecule has 0 radical (unpaired) electrons. The summed E-state index contributed by atoms with van der Waals surface area (Å²) in [6.45, 7) is 0.811. The summed E-state index contributed by atoms with van der Waals surface area (Å²) in [5.74, 6) is 2.45. The molecule has 17 heavy (non-hydrogen) atoms. The molecule has 0 spiro atoms. The summed E-state index contributed by atoms with van der Waals surface area (Å²) in [7, 11) is -0.566. The Hall–Kier alpha value is -0.310. The summed E-state index contributed by atoms with van der Waals surface area (Å²) in [4.78, 5) is 0. The molecular weight excluding hydrogens is 232 g/mol. The number of allylic oxidation sites excluding steroid dienone is 1. The van der Waals surface area contributed by atoms with Crippen molar-refractivity contribution in [3.05, 3.63) is 11.8 Å². The van der Waals surface area contributed by atoms with Crippen molar-refractivity contribution in [3.8, 4) is 0 Å². The predicted octanol–water partition coefficient (Wildman–Crippen LogP) is 3.40. The Morgan fingerprint density at radius 1 is 1.24 bits per heavy atom. The maximum Gasteiger partial charge on any atom is 0.0876 e. The minimum Gasteiger partial charge on any atom is -0.501 e. The smallest absolute Gasteiger partial charge is 0.0876 e. The molecule has 1 heterocycles. The van der Waals surface area contributed by atoms with Crippen molar-refractivity contribution < 1.29 is 8.95 Å². The summed E-state index contributed by atoms with van der Waals surface area (Å²) < 4.78 is 17.2. The van der Waals surface area contributed by atoms with Crippen LogP contribution < -0.4 is 0 Å². The van der Waals surface area contributed by atoms with Crippen molar-refractivity contribution >= 4 is 10.8 Å². The van der Waals surface area contributed by atoms with Crippen LogP contribution in [0.3, 0.4) is 0 Å². The first-order valence-electron chi connectivity index (χ1n) is 6.99. The standard InChI is InChI=1S/C14H24O2S/c15-17-10-4-3-7-14(12-17)8-9-16-11-13-5-1-2-6-13/h11,14H,1-10,12H2. The van der Waals surface area contributed by atoms with Crippen LogP contribution in [0.5, 0.6) is 0 Å². The van der Waals surface area contributed by atoms with E-state index >= 15 is 0 Å². The van der Waals surface area contributed by atoms with Gasteiger partial charge in [-0.15, -0.1) is 0 Å². The van der Waals surface area contributed by atoms with Crippen molar-refractivity contribution in [1.29, 1.82) is 0 Å². The highest BCUT2D eigenvalue weighted by Crippen LogP contribution is 2.24. The number of hydrogen-bond acceptors (Lipinski definition) is 2. The average molecular weight is 256 g/mol. The van der Waals surface area contributed by atoms with Gasteiger partial charge in [-0.2, -0.15) is 0 Å². The highest BCUT2D eigenvalue weighted by molar-refractivity contribution is 7.84. The zero-order chi connectivity index (χ0) is 11.9. The molecule has 1 aliphatic heterocycles. The summed E-state index contributed by atoms with van der Waals surface area (Å²) in [6, 6.07) is 0. The van der Waals surface area contributed by atoms with Gasteiger partial charge in [-0.3, -0.25) is 4.21 Å². The lowest BCUT2D eigenvalue weighted by Gasteiger charge is -2.12. The topological polar surface area (TPSA) is 26.3 Å². The molecule has 3 heteroatoms. The Balaban J connectivity index is 1.63. The van der Waals surface area contributed by atoms with Gasteiger partial charge in [-0.25, -0.2) is 0 Å². The van der Waals surface area contributed by atoms with Gasteiger partial charge in [0, 0.05) is 22.3 Å². The van der Waals surface area contributed by atoms with Crippen molar-refractivity contribution in [2.75, 3.05) is 18.1 Å². The molecule has 2 fully saturated rings. The molecule has 1 saturated heterocycles. The van der Waals surface area contributed by atoms with Crippen molar-refractivity contribution in [2.45, 2.75) is 51.4 Å². The molecule has 2 unspecified atom stereocenters. The van der Waals surface area contributed by atoms with E-state index in [4.69, 9.17) is 4.74 Å². The molecule has 1 saturated carbocycles. The van der Waals surface area contributed by atoms with Crippen LogP contribution >= 0.6 is 0 Å². The predicted molar refractivity (Wildman–Crippen MR) is 72.3 cm³/mol. The Morgan fingerprint density at radius 2 is 2.06 bits per heavy atom. The fraction of sp³-hybridized carbons (Fsp3) is 0.857. The minimum absolute atomic E-state index is 0.566. The molecule has 2 aliphatic rings. The minimum atomic E-state index is -0.566. The van der Waals surface area contributed by atoms with Gasteiger partial charge < -0.3 is 4.74 Å². The molecule has 2 rings (SSSR count). The van der Waals surface area contributed by atoms with E-state index in [0.29, 0.717) is 5.92 Å². The molecule has 2 atom stereocenters. The van der Waals surface area contributed by atoms with Crippen LogP contribution in [0.25, 0.3) is 0 Å². The molecule has 0 N–H and O–H groups in total. The lowest BCUT2D eigenvalue weighted by molar-refractivity contribution is 0.220. The zero-order valence-electron chi connectivity index (χ0n) is 10.7. The lowest BCUT2D eigenvalue weighted by Crippen LogP contribution is -2.12. The first kappa shape index (κ1) is 13.1. The monoisotopic (exact) mass is 256 g/mol. The van der Waals surface area contributed by atoms with Crippen LogP contribution in [0.2, 0.25) is 0 Å². The van der Waals surface area contributed by atoms with Gasteiger partial charge in [0.25, 0.3) is 0 Å². The second-order valence-electron chi connectivity index (χ2n) is 5.32. The molecule has 0 aromatic heterocycles. The van der Waals surface area contributed by atoms with Crippen LogP contribution in [0.4, 0.5) is 0 Å². The highest BCUT2D eigenvalue weighted by atomic mass is 32.2. The van der Waals surface area contributed by atoms with E-state index < -0.39 is 10.8 Å². The molecular formula is C14H24O2S. The maximum absolute atomic E-state index is 11.6. The number of hydrogen-bond donors (Lipinski definition) is 0. The fourth-order valence-corrected chi connectivity index (χ4v) is 4.26. The van der Waals surface area contributed by atoms with Crippen molar-refractivity contribution in [1.82, 2.24) is 0 Å². The third-order valence-corrected chi connectivity index (χ3v) is 5.38. The van der Waals surface area contributed by atoms with E-state index in [9.17, 15) is 4.21 Å². The van der Waals surface area contributed by atoms with Crippen molar-refractivity contribution in [3.63, 3.8) is 0 Å². The van der Waals surface area contributed by atoms with Crippen LogP contribution in [0.15, 0.2) is 11.8 Å². The summed E-state index contributed by atoms with van der Waals surface area (Å²) in [5, 5.41) is 0. The number of ether oxygens (including phenoxy) is 1. The largest absolute Gasteiger partial charge is 0.501 e. The van der Waals surface area contributed by atoms with Crippen LogP contribution in [-0.2, 0) is 15.5 Å². The summed E-state index contributed by atoms with van der Waals surface area (Å²) in [5.41, 5.74) is 1.48. The van der Waals surface area contributed by atoms with Crippen LogP contribution in [-0.4, -0.2) is 22.3 Å².